The average Bonchev–Trinajstić information content (AvgIpc) is 3.05. The molecule has 1 fully saturated rings. The molecule has 5 nitrogen and oxygen atoms in total. The predicted octanol–water partition coefficient (Wildman–Crippen LogP) is 4.61. The van der Waals surface area contributed by atoms with E-state index in [-0.39, 0.29) is 24.0 Å². The lowest BCUT2D eigenvalue weighted by Crippen LogP contribution is -2.40. The van der Waals surface area contributed by atoms with Crippen molar-refractivity contribution in [3.05, 3.63) is 63.6 Å². The van der Waals surface area contributed by atoms with Gasteiger partial charge in [-0.05, 0) is 48.7 Å². The minimum Gasteiger partial charge on any atom is -0.494 e. The van der Waals surface area contributed by atoms with Gasteiger partial charge in [0.1, 0.15) is 5.75 Å². The summed E-state index contributed by atoms with van der Waals surface area (Å²) in [4.78, 5) is 15.0. The van der Waals surface area contributed by atoms with Gasteiger partial charge in [-0.2, -0.15) is 0 Å². The number of carbonyl (C=O) groups excluding carboxylic acids is 1. The Balaban J connectivity index is 1.91. The molecule has 8 heteroatoms. The molecule has 0 saturated carbocycles. The van der Waals surface area contributed by atoms with Crippen molar-refractivity contribution >= 4 is 38.9 Å². The molecule has 0 aliphatic carbocycles. The highest BCUT2D eigenvalue weighted by Crippen LogP contribution is 2.27. The lowest BCUT2D eigenvalue weighted by atomic mass is 10.1. The van der Waals surface area contributed by atoms with Crippen LogP contribution in [-0.2, 0) is 16.4 Å². The van der Waals surface area contributed by atoms with E-state index in [1.165, 1.54) is 0 Å². The van der Waals surface area contributed by atoms with Gasteiger partial charge in [-0.15, -0.1) is 0 Å². The minimum absolute atomic E-state index is 0.0457. The predicted molar refractivity (Wildman–Crippen MR) is 116 cm³/mol. The second-order valence-electron chi connectivity index (χ2n) is 7.10. The van der Waals surface area contributed by atoms with Crippen LogP contribution in [0.4, 0.5) is 0 Å². The maximum absolute atomic E-state index is 13.4. The number of hydrogen-bond acceptors (Lipinski definition) is 4. The summed E-state index contributed by atoms with van der Waals surface area (Å²) < 4.78 is 29.7. The molecule has 0 N–H and O–H groups in total. The topological polar surface area (TPSA) is 63.7 Å². The average molecular weight is 456 g/mol. The monoisotopic (exact) mass is 455 g/mol. The van der Waals surface area contributed by atoms with Gasteiger partial charge in [0.25, 0.3) is 5.91 Å². The number of rotatable bonds is 7. The summed E-state index contributed by atoms with van der Waals surface area (Å²) in [5.41, 5.74) is 1.17. The number of halogens is 2. The van der Waals surface area contributed by atoms with E-state index < -0.39 is 15.9 Å². The number of amides is 1. The zero-order valence-electron chi connectivity index (χ0n) is 16.1. The molecule has 1 saturated heterocycles. The first-order chi connectivity index (χ1) is 13.8. The quantitative estimate of drug-likeness (QED) is 0.611. The van der Waals surface area contributed by atoms with E-state index in [4.69, 9.17) is 27.9 Å². The van der Waals surface area contributed by atoms with E-state index in [2.05, 4.69) is 0 Å². The zero-order valence-corrected chi connectivity index (χ0v) is 18.4. The fourth-order valence-electron chi connectivity index (χ4n) is 3.33. The van der Waals surface area contributed by atoms with Crippen LogP contribution < -0.4 is 4.74 Å². The van der Waals surface area contributed by atoms with Crippen LogP contribution in [0.15, 0.2) is 42.5 Å². The van der Waals surface area contributed by atoms with Crippen LogP contribution >= 0.6 is 23.2 Å². The Kier molecular flexibility index (Phi) is 7.09. The molecule has 0 unspecified atom stereocenters. The molecule has 2 aromatic carbocycles. The number of sulfone groups is 1. The van der Waals surface area contributed by atoms with E-state index in [0.29, 0.717) is 39.9 Å². The number of hydrogen-bond donors (Lipinski definition) is 0. The summed E-state index contributed by atoms with van der Waals surface area (Å²) in [5.74, 6) is 0.395. The Bertz CT molecular complexity index is 994. The highest BCUT2D eigenvalue weighted by atomic mass is 35.5. The smallest absolute Gasteiger partial charge is 0.254 e. The van der Waals surface area contributed by atoms with Crippen molar-refractivity contribution in [2.45, 2.75) is 32.4 Å². The van der Waals surface area contributed by atoms with E-state index in [9.17, 15) is 13.2 Å². The van der Waals surface area contributed by atoms with Crippen LogP contribution in [0.25, 0.3) is 0 Å². The molecule has 2 aromatic rings. The van der Waals surface area contributed by atoms with Gasteiger partial charge in [0.2, 0.25) is 0 Å². The number of carbonyl (C=O) groups is 1. The van der Waals surface area contributed by atoms with Crippen molar-refractivity contribution in [2.75, 3.05) is 18.1 Å². The van der Waals surface area contributed by atoms with Gasteiger partial charge in [0.15, 0.2) is 9.84 Å². The summed E-state index contributed by atoms with van der Waals surface area (Å²) in [6.07, 6.45) is 1.27. The van der Waals surface area contributed by atoms with Crippen LogP contribution in [-0.4, -0.2) is 43.4 Å². The fourth-order valence-corrected chi connectivity index (χ4v) is 5.52. The SMILES string of the molecule is CCCOc1cccc(C(=O)N(Cc2ccc(Cl)cc2Cl)[C@H]2CCS(=O)(=O)C2)c1. The molecule has 1 aliphatic rings. The molecule has 156 valence electrons. The molecule has 0 bridgehead atoms. The van der Waals surface area contributed by atoms with Gasteiger partial charge in [0.05, 0.1) is 18.1 Å². The number of benzene rings is 2. The summed E-state index contributed by atoms with van der Waals surface area (Å²) in [6.45, 7) is 2.77. The van der Waals surface area contributed by atoms with Crippen LogP contribution in [0.5, 0.6) is 5.75 Å². The minimum atomic E-state index is -3.16. The summed E-state index contributed by atoms with van der Waals surface area (Å²) in [5, 5.41) is 0.942. The molecular weight excluding hydrogens is 433 g/mol. The zero-order chi connectivity index (χ0) is 21.0. The molecule has 1 aliphatic heterocycles. The normalized spacial score (nSPS) is 17.8. The van der Waals surface area contributed by atoms with Crippen molar-refractivity contribution in [3.8, 4) is 5.75 Å². The molecule has 1 heterocycles. The van der Waals surface area contributed by atoms with Crippen LogP contribution in [0.2, 0.25) is 10.0 Å². The number of nitrogens with zero attached hydrogens (tertiary/aromatic N) is 1. The summed E-state index contributed by atoms with van der Waals surface area (Å²) in [6, 6.07) is 11.6. The van der Waals surface area contributed by atoms with Crippen LogP contribution in [0, 0.1) is 0 Å². The van der Waals surface area contributed by atoms with E-state index in [1.54, 1.807) is 47.4 Å². The highest BCUT2D eigenvalue weighted by Gasteiger charge is 2.35. The summed E-state index contributed by atoms with van der Waals surface area (Å²) in [7, 11) is -3.16. The Labute approximate surface area is 181 Å². The van der Waals surface area contributed by atoms with Gasteiger partial charge >= 0.3 is 0 Å². The van der Waals surface area contributed by atoms with Crippen molar-refractivity contribution in [1.82, 2.24) is 4.90 Å². The highest BCUT2D eigenvalue weighted by molar-refractivity contribution is 7.91. The molecule has 1 atom stereocenters. The maximum Gasteiger partial charge on any atom is 0.254 e. The first kappa shape index (κ1) is 21.9. The summed E-state index contributed by atoms with van der Waals surface area (Å²) >= 11 is 12.3. The van der Waals surface area contributed by atoms with Crippen molar-refractivity contribution in [3.63, 3.8) is 0 Å². The van der Waals surface area contributed by atoms with Crippen molar-refractivity contribution in [2.24, 2.45) is 0 Å². The molecule has 0 radical (unpaired) electrons. The van der Waals surface area contributed by atoms with Gasteiger partial charge in [0, 0.05) is 28.2 Å². The first-order valence-corrected chi connectivity index (χ1v) is 12.0. The van der Waals surface area contributed by atoms with E-state index in [1.807, 2.05) is 6.92 Å². The van der Waals surface area contributed by atoms with Gasteiger partial charge in [-0.3, -0.25) is 4.79 Å². The van der Waals surface area contributed by atoms with Gasteiger partial charge in [-0.1, -0.05) is 42.3 Å². The fraction of sp³-hybridized carbons (Fsp3) is 0.381. The molecule has 3 rings (SSSR count). The molecule has 29 heavy (non-hydrogen) atoms. The molecule has 1 amide bonds. The maximum atomic E-state index is 13.4. The Morgan fingerprint density at radius 2 is 2.00 bits per heavy atom. The third-order valence-corrected chi connectivity index (χ3v) is 7.16. The lowest BCUT2D eigenvalue weighted by Gasteiger charge is -2.29. The third kappa shape index (κ3) is 5.65. The van der Waals surface area contributed by atoms with Gasteiger partial charge in [-0.25, -0.2) is 8.42 Å². The first-order valence-electron chi connectivity index (χ1n) is 9.47. The van der Waals surface area contributed by atoms with E-state index in [0.717, 1.165) is 6.42 Å². The lowest BCUT2D eigenvalue weighted by molar-refractivity contribution is 0.0680. The second-order valence-corrected chi connectivity index (χ2v) is 10.2. The second kappa shape index (κ2) is 9.37. The standard InChI is InChI=1S/C21H23Cl2NO4S/c1-2-9-28-19-5-3-4-15(11-19)21(25)24(18-8-10-29(26,27)14-18)13-16-6-7-17(22)12-20(16)23/h3-7,11-12,18H,2,8-10,13-14H2,1H3/t18-/m0/s1. The third-order valence-electron chi connectivity index (χ3n) is 4.82. The molecular formula is C21H23Cl2NO4S. The van der Waals surface area contributed by atoms with Crippen LogP contribution in [0.1, 0.15) is 35.7 Å². The Morgan fingerprint density at radius 1 is 1.21 bits per heavy atom. The van der Waals surface area contributed by atoms with Crippen LogP contribution in [0.3, 0.4) is 0 Å². The van der Waals surface area contributed by atoms with Crippen molar-refractivity contribution < 1.29 is 17.9 Å². The molecule has 0 spiro atoms. The molecule has 0 aromatic heterocycles. The van der Waals surface area contributed by atoms with Gasteiger partial charge < -0.3 is 9.64 Å². The van der Waals surface area contributed by atoms with E-state index >= 15 is 0 Å². The van der Waals surface area contributed by atoms with Crippen molar-refractivity contribution in [1.29, 1.82) is 0 Å². The Hall–Kier alpha value is -1.76. The number of ether oxygens (including phenoxy) is 1. The largest absolute Gasteiger partial charge is 0.494 e. The Morgan fingerprint density at radius 3 is 2.66 bits per heavy atom.